The van der Waals surface area contributed by atoms with Gasteiger partial charge in [0, 0.05) is 54.3 Å². The molecule has 0 aromatic carbocycles. The summed E-state index contributed by atoms with van der Waals surface area (Å²) in [7, 11) is 0. The summed E-state index contributed by atoms with van der Waals surface area (Å²) in [6.07, 6.45) is 6.02. The topological polar surface area (TPSA) is 63.4 Å². The van der Waals surface area contributed by atoms with Gasteiger partial charge in [0.05, 0.1) is 4.47 Å². The van der Waals surface area contributed by atoms with E-state index in [1.54, 1.807) is 34.1 Å². The van der Waals surface area contributed by atoms with E-state index in [1.165, 1.54) is 0 Å². The van der Waals surface area contributed by atoms with Crippen molar-refractivity contribution in [3.8, 4) is 0 Å². The Bertz CT molecular complexity index is 923. The number of rotatable bonds is 1. The molecule has 0 saturated heterocycles. The molecule has 0 N–H and O–H groups in total. The van der Waals surface area contributed by atoms with E-state index in [4.69, 9.17) is 0 Å². The van der Waals surface area contributed by atoms with E-state index in [2.05, 4.69) is 46.9 Å². The van der Waals surface area contributed by atoms with Crippen LogP contribution in [0.4, 0.5) is 0 Å². The molecule has 0 fully saturated rings. The van der Waals surface area contributed by atoms with Gasteiger partial charge in [-0.1, -0.05) is 0 Å². The van der Waals surface area contributed by atoms with Gasteiger partial charge in [0.15, 0.2) is 11.3 Å². The van der Waals surface area contributed by atoms with Crippen LogP contribution in [0.25, 0.3) is 5.65 Å². The molecule has 3 aromatic rings. The number of carbonyl (C=O) groups is 1. The Morgan fingerprint density at radius 3 is 2.83 bits per heavy atom. The molecule has 0 radical (unpaired) electrons. The molecular weight excluding hydrogens is 426 g/mol. The van der Waals surface area contributed by atoms with Crippen molar-refractivity contribution in [1.29, 1.82) is 0 Å². The lowest BCUT2D eigenvalue weighted by molar-refractivity contribution is 0.0727. The number of pyridine rings is 1. The standard InChI is InChI=1S/C15H11Br2N5O/c16-10-3-9-7-21(2-1-12(9)18-5-10)15(23)13-4-14-19-6-11(17)8-22(14)20-13/h3-6,8H,1-2,7H2. The number of hydrogen-bond acceptors (Lipinski definition) is 4. The Hall–Kier alpha value is -1.80. The van der Waals surface area contributed by atoms with Crippen LogP contribution in [0.15, 0.2) is 39.7 Å². The summed E-state index contributed by atoms with van der Waals surface area (Å²) in [6.45, 7) is 1.19. The molecule has 6 nitrogen and oxygen atoms in total. The normalized spacial score (nSPS) is 14.1. The lowest BCUT2D eigenvalue weighted by Gasteiger charge is -2.27. The zero-order valence-electron chi connectivity index (χ0n) is 11.9. The number of amides is 1. The Balaban J connectivity index is 1.63. The Morgan fingerprint density at radius 2 is 1.96 bits per heavy atom. The molecule has 23 heavy (non-hydrogen) atoms. The van der Waals surface area contributed by atoms with Crippen molar-refractivity contribution in [2.45, 2.75) is 13.0 Å². The zero-order chi connectivity index (χ0) is 16.0. The number of halogens is 2. The van der Waals surface area contributed by atoms with Crippen molar-refractivity contribution < 1.29 is 4.79 Å². The van der Waals surface area contributed by atoms with Gasteiger partial charge < -0.3 is 4.90 Å². The van der Waals surface area contributed by atoms with Crippen molar-refractivity contribution in [1.82, 2.24) is 24.5 Å². The molecule has 1 aliphatic rings. The molecule has 116 valence electrons. The average Bonchev–Trinajstić information content (AvgIpc) is 2.96. The second kappa shape index (κ2) is 5.68. The molecule has 0 aliphatic carbocycles. The highest BCUT2D eigenvalue weighted by atomic mass is 79.9. The first-order valence-corrected chi connectivity index (χ1v) is 8.62. The Morgan fingerprint density at radius 1 is 1.13 bits per heavy atom. The average molecular weight is 437 g/mol. The maximum Gasteiger partial charge on any atom is 0.274 e. The predicted molar refractivity (Wildman–Crippen MR) is 91.1 cm³/mol. The Kier molecular flexibility index (Phi) is 3.65. The highest BCUT2D eigenvalue weighted by Crippen LogP contribution is 2.22. The van der Waals surface area contributed by atoms with Crippen LogP contribution in [-0.4, -0.2) is 36.9 Å². The fraction of sp³-hybridized carbons (Fsp3) is 0.200. The second-order valence-corrected chi connectivity index (χ2v) is 7.17. The summed E-state index contributed by atoms with van der Waals surface area (Å²) in [5.41, 5.74) is 3.18. The van der Waals surface area contributed by atoms with Gasteiger partial charge in [-0.3, -0.25) is 9.78 Å². The van der Waals surface area contributed by atoms with E-state index in [-0.39, 0.29) is 5.91 Å². The molecule has 1 amide bonds. The van der Waals surface area contributed by atoms with Crippen molar-refractivity contribution >= 4 is 43.4 Å². The lowest BCUT2D eigenvalue weighted by Crippen LogP contribution is -2.36. The van der Waals surface area contributed by atoms with E-state index in [0.29, 0.717) is 24.4 Å². The molecule has 0 bridgehead atoms. The van der Waals surface area contributed by atoms with Gasteiger partial charge in [0.25, 0.3) is 5.91 Å². The monoisotopic (exact) mass is 435 g/mol. The number of carbonyl (C=O) groups excluding carboxylic acids is 1. The van der Waals surface area contributed by atoms with Gasteiger partial charge in [-0.25, -0.2) is 9.50 Å². The molecule has 4 rings (SSSR count). The molecule has 4 heterocycles. The van der Waals surface area contributed by atoms with Gasteiger partial charge >= 0.3 is 0 Å². The zero-order valence-corrected chi connectivity index (χ0v) is 15.1. The molecule has 0 saturated carbocycles. The van der Waals surface area contributed by atoms with Crippen molar-refractivity contribution in [2.24, 2.45) is 0 Å². The van der Waals surface area contributed by atoms with Crippen LogP contribution < -0.4 is 0 Å². The van der Waals surface area contributed by atoms with E-state index < -0.39 is 0 Å². The predicted octanol–water partition coefficient (Wildman–Crippen LogP) is 2.85. The largest absolute Gasteiger partial charge is 0.332 e. The fourth-order valence-electron chi connectivity index (χ4n) is 2.69. The summed E-state index contributed by atoms with van der Waals surface area (Å²) in [5, 5.41) is 4.33. The molecule has 8 heteroatoms. The third-order valence-corrected chi connectivity index (χ3v) is 4.64. The fourth-order valence-corrected chi connectivity index (χ4v) is 3.37. The molecule has 3 aromatic heterocycles. The number of aromatic nitrogens is 4. The molecule has 0 spiro atoms. The van der Waals surface area contributed by atoms with Crippen molar-refractivity contribution in [3.05, 3.63) is 56.6 Å². The third-order valence-electron chi connectivity index (χ3n) is 3.79. The minimum atomic E-state index is -0.0859. The number of hydrogen-bond donors (Lipinski definition) is 0. The quantitative estimate of drug-likeness (QED) is 0.588. The molecular formula is C15H11Br2N5O. The highest BCUT2D eigenvalue weighted by molar-refractivity contribution is 9.10. The maximum absolute atomic E-state index is 12.7. The van der Waals surface area contributed by atoms with Gasteiger partial charge in [0.1, 0.15) is 0 Å². The summed E-state index contributed by atoms with van der Waals surface area (Å²) in [6, 6.07) is 3.73. The van der Waals surface area contributed by atoms with E-state index in [0.717, 1.165) is 26.6 Å². The smallest absolute Gasteiger partial charge is 0.274 e. The van der Waals surface area contributed by atoms with E-state index >= 15 is 0 Å². The number of nitrogens with zero attached hydrogens (tertiary/aromatic N) is 5. The van der Waals surface area contributed by atoms with E-state index in [9.17, 15) is 4.79 Å². The minimum absolute atomic E-state index is 0.0859. The summed E-state index contributed by atoms with van der Waals surface area (Å²) in [5.74, 6) is -0.0859. The summed E-state index contributed by atoms with van der Waals surface area (Å²) < 4.78 is 3.34. The maximum atomic E-state index is 12.7. The Labute approximate surface area is 148 Å². The first kappa shape index (κ1) is 14.8. The van der Waals surface area contributed by atoms with Crippen LogP contribution in [0, 0.1) is 0 Å². The van der Waals surface area contributed by atoms with Crippen molar-refractivity contribution in [3.63, 3.8) is 0 Å². The van der Waals surface area contributed by atoms with Crippen LogP contribution in [0.5, 0.6) is 0 Å². The third kappa shape index (κ3) is 2.76. The number of fused-ring (bicyclic) bond motifs is 2. The SMILES string of the molecule is O=C(c1cc2ncc(Br)cn2n1)N1CCc2ncc(Br)cc2C1. The second-order valence-electron chi connectivity index (χ2n) is 5.34. The van der Waals surface area contributed by atoms with Crippen LogP contribution in [0.1, 0.15) is 21.7 Å². The van der Waals surface area contributed by atoms with Gasteiger partial charge in [-0.2, -0.15) is 5.10 Å². The first-order chi connectivity index (χ1) is 11.1. The minimum Gasteiger partial charge on any atom is -0.332 e. The van der Waals surface area contributed by atoms with Gasteiger partial charge in [-0.05, 0) is 43.5 Å². The van der Waals surface area contributed by atoms with Gasteiger partial charge in [0.2, 0.25) is 0 Å². The van der Waals surface area contributed by atoms with Crippen LogP contribution >= 0.6 is 31.9 Å². The molecule has 0 atom stereocenters. The van der Waals surface area contributed by atoms with Gasteiger partial charge in [-0.15, -0.1) is 0 Å². The van der Waals surface area contributed by atoms with Crippen molar-refractivity contribution in [2.75, 3.05) is 6.54 Å². The summed E-state index contributed by atoms with van der Waals surface area (Å²) in [4.78, 5) is 23.2. The first-order valence-electron chi connectivity index (χ1n) is 7.04. The molecule has 1 aliphatic heterocycles. The van der Waals surface area contributed by atoms with Crippen LogP contribution in [0.2, 0.25) is 0 Å². The lowest BCUT2D eigenvalue weighted by atomic mass is 10.1. The highest BCUT2D eigenvalue weighted by Gasteiger charge is 2.24. The molecule has 0 unspecified atom stereocenters. The van der Waals surface area contributed by atoms with E-state index in [1.807, 2.05) is 6.07 Å². The summed E-state index contributed by atoms with van der Waals surface area (Å²) >= 11 is 6.78. The van der Waals surface area contributed by atoms with Crippen LogP contribution in [0.3, 0.4) is 0 Å². The van der Waals surface area contributed by atoms with Crippen LogP contribution in [-0.2, 0) is 13.0 Å².